The zero-order chi connectivity index (χ0) is 16.6. The summed E-state index contributed by atoms with van der Waals surface area (Å²) in [6.07, 6.45) is 0. The van der Waals surface area contributed by atoms with Crippen LogP contribution in [0.4, 0.5) is 5.69 Å². The highest BCUT2D eigenvalue weighted by atomic mass is 79.9. The summed E-state index contributed by atoms with van der Waals surface area (Å²) in [6, 6.07) is 26.2. The summed E-state index contributed by atoms with van der Waals surface area (Å²) in [6.45, 7) is 1.25. The van der Waals surface area contributed by atoms with Crippen molar-refractivity contribution in [3.63, 3.8) is 0 Å². The summed E-state index contributed by atoms with van der Waals surface area (Å²) >= 11 is 3.54. The Labute approximate surface area is 150 Å². The Kier molecular flexibility index (Phi) is 5.88. The van der Waals surface area contributed by atoms with E-state index in [2.05, 4.69) is 45.0 Å². The maximum atomic E-state index is 5.90. The quantitative estimate of drug-likeness (QED) is 0.554. The van der Waals surface area contributed by atoms with Gasteiger partial charge in [-0.3, -0.25) is 0 Å². The van der Waals surface area contributed by atoms with Crippen molar-refractivity contribution in [2.45, 2.75) is 13.2 Å². The second-order valence-corrected chi connectivity index (χ2v) is 6.23. The van der Waals surface area contributed by atoms with Gasteiger partial charge in [0.15, 0.2) is 0 Å². The summed E-state index contributed by atoms with van der Waals surface area (Å²) in [7, 11) is 0. The van der Waals surface area contributed by atoms with Crippen LogP contribution in [0.25, 0.3) is 0 Å². The number of hydrogen-bond donors (Lipinski definition) is 2. The molecule has 0 radical (unpaired) electrons. The zero-order valence-corrected chi connectivity index (χ0v) is 14.8. The van der Waals surface area contributed by atoms with Crippen LogP contribution in [0.5, 0.6) is 5.75 Å². The molecule has 3 nitrogen and oxygen atoms in total. The molecule has 0 aliphatic carbocycles. The Morgan fingerprint density at radius 1 is 0.833 bits per heavy atom. The fraction of sp³-hybridized carbons (Fsp3) is 0.100. The van der Waals surface area contributed by atoms with Crippen LogP contribution in [-0.4, -0.2) is 0 Å². The molecule has 24 heavy (non-hydrogen) atoms. The Balaban J connectivity index is 1.53. The molecule has 2 N–H and O–H groups in total. The molecule has 122 valence electrons. The molecular weight excluding hydrogens is 364 g/mol. The molecule has 0 saturated carbocycles. The van der Waals surface area contributed by atoms with Gasteiger partial charge in [0.2, 0.25) is 0 Å². The first kappa shape index (κ1) is 16.6. The van der Waals surface area contributed by atoms with Crippen LogP contribution in [0.2, 0.25) is 0 Å². The number of ether oxygens (including phenoxy) is 1. The van der Waals surface area contributed by atoms with E-state index in [9.17, 15) is 0 Å². The van der Waals surface area contributed by atoms with E-state index in [4.69, 9.17) is 4.74 Å². The van der Waals surface area contributed by atoms with Gasteiger partial charge in [0, 0.05) is 22.3 Å². The summed E-state index contributed by atoms with van der Waals surface area (Å²) in [5, 5.41) is 0. The van der Waals surface area contributed by atoms with Gasteiger partial charge >= 0.3 is 0 Å². The lowest BCUT2D eigenvalue weighted by Crippen LogP contribution is -2.20. The van der Waals surface area contributed by atoms with Crippen molar-refractivity contribution < 1.29 is 4.74 Å². The Morgan fingerprint density at radius 3 is 2.46 bits per heavy atom. The lowest BCUT2D eigenvalue weighted by molar-refractivity contribution is 0.305. The van der Waals surface area contributed by atoms with Gasteiger partial charge in [-0.2, -0.15) is 0 Å². The van der Waals surface area contributed by atoms with E-state index in [1.54, 1.807) is 0 Å². The van der Waals surface area contributed by atoms with Crippen LogP contribution in [0.15, 0.2) is 83.3 Å². The number of nitrogens with one attached hydrogen (secondary N) is 2. The Bertz CT molecular complexity index is 777. The third-order valence-corrected chi connectivity index (χ3v) is 4.32. The van der Waals surface area contributed by atoms with Crippen LogP contribution < -0.4 is 15.6 Å². The normalized spacial score (nSPS) is 10.4. The first-order chi connectivity index (χ1) is 11.8. The Hall–Kier alpha value is -2.30. The van der Waals surface area contributed by atoms with Crippen LogP contribution >= 0.6 is 15.9 Å². The number of para-hydroxylation sites is 1. The lowest BCUT2D eigenvalue weighted by atomic mass is 10.2. The van der Waals surface area contributed by atoms with Crippen LogP contribution in [-0.2, 0) is 13.2 Å². The van der Waals surface area contributed by atoms with E-state index in [-0.39, 0.29) is 0 Å². The van der Waals surface area contributed by atoms with Gasteiger partial charge in [-0.15, -0.1) is 0 Å². The first-order valence-corrected chi connectivity index (χ1v) is 8.59. The van der Waals surface area contributed by atoms with Crippen LogP contribution in [0.1, 0.15) is 11.1 Å². The van der Waals surface area contributed by atoms with Gasteiger partial charge in [0.25, 0.3) is 0 Å². The lowest BCUT2D eigenvalue weighted by Gasteiger charge is -2.11. The molecule has 0 fully saturated rings. The van der Waals surface area contributed by atoms with Crippen molar-refractivity contribution in [3.8, 4) is 5.75 Å². The molecule has 0 amide bonds. The summed E-state index contributed by atoms with van der Waals surface area (Å²) < 4.78 is 6.96. The van der Waals surface area contributed by atoms with Gasteiger partial charge in [0.1, 0.15) is 12.4 Å². The van der Waals surface area contributed by atoms with Crippen LogP contribution in [0, 0.1) is 0 Å². The number of hydrazine groups is 1. The van der Waals surface area contributed by atoms with Crippen molar-refractivity contribution in [3.05, 3.63) is 94.5 Å². The maximum Gasteiger partial charge on any atom is 0.120 e. The molecule has 0 aromatic heterocycles. The largest absolute Gasteiger partial charge is 0.489 e. The molecule has 0 bridgehead atoms. The van der Waals surface area contributed by atoms with Crippen molar-refractivity contribution in [1.82, 2.24) is 5.43 Å². The monoisotopic (exact) mass is 382 g/mol. The molecule has 0 unspecified atom stereocenters. The van der Waals surface area contributed by atoms with E-state index in [0.29, 0.717) is 13.2 Å². The molecule has 3 rings (SSSR count). The van der Waals surface area contributed by atoms with Gasteiger partial charge in [-0.05, 0) is 35.9 Å². The summed E-state index contributed by atoms with van der Waals surface area (Å²) in [5.74, 6) is 0.866. The molecule has 0 atom stereocenters. The average Bonchev–Trinajstić information content (AvgIpc) is 2.62. The zero-order valence-electron chi connectivity index (χ0n) is 13.2. The SMILES string of the molecule is Brc1ccccc1COc1cccc(CNNc2ccccc2)c1. The van der Waals surface area contributed by atoms with E-state index >= 15 is 0 Å². The topological polar surface area (TPSA) is 33.3 Å². The fourth-order valence-corrected chi connectivity index (χ4v) is 2.69. The number of benzene rings is 3. The smallest absolute Gasteiger partial charge is 0.120 e. The number of halogens is 1. The molecule has 0 saturated heterocycles. The highest BCUT2D eigenvalue weighted by Crippen LogP contribution is 2.20. The molecule has 3 aromatic carbocycles. The minimum absolute atomic E-state index is 0.542. The third kappa shape index (κ3) is 4.85. The molecule has 0 spiro atoms. The maximum absolute atomic E-state index is 5.90. The number of rotatable bonds is 7. The van der Waals surface area contributed by atoms with Gasteiger partial charge in [-0.25, -0.2) is 5.43 Å². The van der Waals surface area contributed by atoms with Crippen LogP contribution in [0.3, 0.4) is 0 Å². The molecule has 0 aliphatic rings. The predicted octanol–water partition coefficient (Wildman–Crippen LogP) is 5.14. The molecule has 0 heterocycles. The Morgan fingerprint density at radius 2 is 1.62 bits per heavy atom. The van der Waals surface area contributed by atoms with Crippen molar-refractivity contribution in [1.29, 1.82) is 0 Å². The van der Waals surface area contributed by atoms with Crippen molar-refractivity contribution >= 4 is 21.6 Å². The minimum atomic E-state index is 0.542. The van der Waals surface area contributed by atoms with E-state index in [0.717, 1.165) is 27.0 Å². The van der Waals surface area contributed by atoms with Gasteiger partial charge < -0.3 is 10.2 Å². The predicted molar refractivity (Wildman–Crippen MR) is 102 cm³/mol. The van der Waals surface area contributed by atoms with Crippen molar-refractivity contribution in [2.75, 3.05) is 5.43 Å². The first-order valence-electron chi connectivity index (χ1n) is 7.80. The highest BCUT2D eigenvalue weighted by Gasteiger charge is 2.01. The summed E-state index contributed by atoms with van der Waals surface area (Å²) in [5.41, 5.74) is 9.72. The number of anilines is 1. The fourth-order valence-electron chi connectivity index (χ4n) is 2.29. The second kappa shape index (κ2) is 8.52. The molecule has 0 aliphatic heterocycles. The molecule has 4 heteroatoms. The van der Waals surface area contributed by atoms with Gasteiger partial charge in [-0.1, -0.05) is 64.5 Å². The van der Waals surface area contributed by atoms with E-state index in [1.165, 1.54) is 0 Å². The molecule has 3 aromatic rings. The van der Waals surface area contributed by atoms with Crippen molar-refractivity contribution in [2.24, 2.45) is 0 Å². The number of hydrogen-bond acceptors (Lipinski definition) is 3. The second-order valence-electron chi connectivity index (χ2n) is 5.37. The van der Waals surface area contributed by atoms with Gasteiger partial charge in [0.05, 0.1) is 0 Å². The molecular formula is C20H19BrN2O. The standard InChI is InChI=1S/C20H19BrN2O/c21-20-12-5-4-8-17(20)15-24-19-11-6-7-16(13-19)14-22-23-18-9-2-1-3-10-18/h1-13,22-23H,14-15H2. The minimum Gasteiger partial charge on any atom is -0.489 e. The summed E-state index contributed by atoms with van der Waals surface area (Å²) in [4.78, 5) is 0. The average molecular weight is 383 g/mol. The van der Waals surface area contributed by atoms with E-state index < -0.39 is 0 Å². The van der Waals surface area contributed by atoms with E-state index in [1.807, 2.05) is 60.7 Å². The third-order valence-electron chi connectivity index (χ3n) is 3.55. The highest BCUT2D eigenvalue weighted by molar-refractivity contribution is 9.10.